The second-order valence-corrected chi connectivity index (χ2v) is 6.38. The number of aromatic nitrogens is 2. The number of hydrogen-bond acceptors (Lipinski definition) is 2. The molecule has 4 nitrogen and oxygen atoms in total. The summed E-state index contributed by atoms with van der Waals surface area (Å²) in [5.41, 5.74) is 1.84. The Labute approximate surface area is 152 Å². The highest BCUT2D eigenvalue weighted by Gasteiger charge is 2.18. The molecule has 26 heavy (non-hydrogen) atoms. The summed E-state index contributed by atoms with van der Waals surface area (Å²) in [5, 5.41) is 2.98. The fraction of sp³-hybridized carbons (Fsp3) is 0.238. The fourth-order valence-electron chi connectivity index (χ4n) is 2.96. The maximum Gasteiger partial charge on any atom is 0.254 e. The number of aryl methyl sites for hydroxylation is 3. The minimum Gasteiger partial charge on any atom is -0.345 e. The van der Waals surface area contributed by atoms with Crippen molar-refractivity contribution in [3.05, 3.63) is 89.3 Å². The molecule has 0 aliphatic heterocycles. The van der Waals surface area contributed by atoms with Crippen LogP contribution in [0, 0.1) is 19.7 Å². The average molecular weight is 351 g/mol. The van der Waals surface area contributed by atoms with Gasteiger partial charge in [0.15, 0.2) is 0 Å². The molecule has 0 aliphatic rings. The summed E-state index contributed by atoms with van der Waals surface area (Å²) in [6.45, 7) is 4.45. The lowest BCUT2D eigenvalue weighted by Gasteiger charge is -2.20. The lowest BCUT2D eigenvalue weighted by Crippen LogP contribution is -2.30. The number of imidazole rings is 1. The van der Waals surface area contributed by atoms with Crippen LogP contribution in [0.5, 0.6) is 0 Å². The van der Waals surface area contributed by atoms with Crippen molar-refractivity contribution < 1.29 is 9.18 Å². The normalized spacial score (nSPS) is 12.0. The van der Waals surface area contributed by atoms with E-state index in [1.54, 1.807) is 19.2 Å². The summed E-state index contributed by atoms with van der Waals surface area (Å²) in [7, 11) is 0. The molecule has 1 amide bonds. The quantitative estimate of drug-likeness (QED) is 0.723. The van der Waals surface area contributed by atoms with E-state index in [0.29, 0.717) is 13.0 Å². The van der Waals surface area contributed by atoms with Crippen LogP contribution in [0.15, 0.2) is 60.9 Å². The number of rotatable bonds is 6. The van der Waals surface area contributed by atoms with Gasteiger partial charge in [-0.05, 0) is 43.5 Å². The van der Waals surface area contributed by atoms with Gasteiger partial charge >= 0.3 is 0 Å². The molecular weight excluding hydrogens is 329 g/mol. The van der Waals surface area contributed by atoms with Gasteiger partial charge < -0.3 is 9.88 Å². The average Bonchev–Trinajstić information content (AvgIpc) is 3.04. The highest BCUT2D eigenvalue weighted by atomic mass is 19.1. The number of benzene rings is 2. The number of nitrogens with zero attached hydrogens (tertiary/aromatic N) is 2. The van der Waals surface area contributed by atoms with Crippen LogP contribution in [-0.4, -0.2) is 15.5 Å². The van der Waals surface area contributed by atoms with Crippen molar-refractivity contribution in [1.29, 1.82) is 0 Å². The molecule has 0 aliphatic carbocycles. The SMILES string of the molecule is Cc1ccc(C(=O)N[C@H](CCn2ccnc2C)c2ccccc2)c(F)c1. The molecule has 5 heteroatoms. The Morgan fingerprint density at radius 1 is 1.19 bits per heavy atom. The molecule has 1 N–H and O–H groups in total. The number of nitrogens with one attached hydrogen (secondary N) is 1. The molecule has 0 spiro atoms. The van der Waals surface area contributed by atoms with Crippen LogP contribution in [0.4, 0.5) is 4.39 Å². The van der Waals surface area contributed by atoms with Gasteiger partial charge in [-0.1, -0.05) is 36.4 Å². The molecular formula is C21H22FN3O. The van der Waals surface area contributed by atoms with E-state index in [9.17, 15) is 9.18 Å². The van der Waals surface area contributed by atoms with Gasteiger partial charge in [0.05, 0.1) is 11.6 Å². The summed E-state index contributed by atoms with van der Waals surface area (Å²) < 4.78 is 16.2. The Morgan fingerprint density at radius 2 is 1.96 bits per heavy atom. The van der Waals surface area contributed by atoms with Gasteiger partial charge in [0.2, 0.25) is 0 Å². The minimum atomic E-state index is -0.500. The van der Waals surface area contributed by atoms with Crippen LogP contribution in [0.3, 0.4) is 0 Å². The van der Waals surface area contributed by atoms with Gasteiger partial charge in [-0.3, -0.25) is 4.79 Å². The molecule has 1 atom stereocenters. The Kier molecular flexibility index (Phi) is 5.46. The molecule has 0 fully saturated rings. The van der Waals surface area contributed by atoms with Crippen molar-refractivity contribution in [1.82, 2.24) is 14.9 Å². The van der Waals surface area contributed by atoms with Gasteiger partial charge in [-0.2, -0.15) is 0 Å². The monoisotopic (exact) mass is 351 g/mol. The van der Waals surface area contributed by atoms with Crippen LogP contribution in [0.1, 0.15) is 39.8 Å². The molecule has 2 aromatic carbocycles. The number of amides is 1. The summed E-state index contributed by atoms with van der Waals surface area (Å²) in [5.74, 6) is 0.0196. The lowest BCUT2D eigenvalue weighted by atomic mass is 10.0. The maximum atomic E-state index is 14.1. The largest absolute Gasteiger partial charge is 0.345 e. The van der Waals surface area contributed by atoms with Crippen molar-refractivity contribution in [2.45, 2.75) is 32.9 Å². The molecule has 0 unspecified atom stereocenters. The molecule has 1 heterocycles. The van der Waals surface area contributed by atoms with Crippen molar-refractivity contribution >= 4 is 5.91 Å². The maximum absolute atomic E-state index is 14.1. The first kappa shape index (κ1) is 17.9. The Balaban J connectivity index is 1.79. The third kappa shape index (κ3) is 4.17. The van der Waals surface area contributed by atoms with E-state index in [4.69, 9.17) is 0 Å². The van der Waals surface area contributed by atoms with Crippen molar-refractivity contribution in [3.63, 3.8) is 0 Å². The van der Waals surface area contributed by atoms with Crippen LogP contribution in [-0.2, 0) is 6.54 Å². The highest BCUT2D eigenvalue weighted by Crippen LogP contribution is 2.20. The van der Waals surface area contributed by atoms with E-state index in [2.05, 4.69) is 10.3 Å². The van der Waals surface area contributed by atoms with Crippen LogP contribution in [0.25, 0.3) is 0 Å². The van der Waals surface area contributed by atoms with Gasteiger partial charge in [0, 0.05) is 18.9 Å². The van der Waals surface area contributed by atoms with E-state index < -0.39 is 11.7 Å². The summed E-state index contributed by atoms with van der Waals surface area (Å²) in [6, 6.07) is 14.2. The molecule has 3 rings (SSSR count). The molecule has 3 aromatic rings. The number of carbonyl (C=O) groups excluding carboxylic acids is 1. The smallest absolute Gasteiger partial charge is 0.254 e. The molecule has 0 bridgehead atoms. The summed E-state index contributed by atoms with van der Waals surface area (Å²) in [4.78, 5) is 16.8. The molecule has 0 radical (unpaired) electrons. The van der Waals surface area contributed by atoms with Gasteiger partial charge in [-0.25, -0.2) is 9.37 Å². The Morgan fingerprint density at radius 3 is 2.62 bits per heavy atom. The topological polar surface area (TPSA) is 46.9 Å². The Hall–Kier alpha value is -2.95. The van der Waals surface area contributed by atoms with E-state index >= 15 is 0 Å². The second-order valence-electron chi connectivity index (χ2n) is 6.38. The predicted molar refractivity (Wildman–Crippen MR) is 99.4 cm³/mol. The van der Waals surface area contributed by atoms with Crippen LogP contribution in [0.2, 0.25) is 0 Å². The first-order valence-corrected chi connectivity index (χ1v) is 8.64. The summed E-state index contributed by atoms with van der Waals surface area (Å²) >= 11 is 0. The van der Waals surface area contributed by atoms with E-state index in [-0.39, 0.29) is 11.6 Å². The third-order valence-corrected chi connectivity index (χ3v) is 4.46. The van der Waals surface area contributed by atoms with Gasteiger partial charge in [0.1, 0.15) is 11.6 Å². The first-order chi connectivity index (χ1) is 12.5. The zero-order chi connectivity index (χ0) is 18.5. The van der Waals surface area contributed by atoms with Crippen molar-refractivity contribution in [3.8, 4) is 0 Å². The van der Waals surface area contributed by atoms with E-state index in [1.807, 2.05) is 48.0 Å². The van der Waals surface area contributed by atoms with Crippen LogP contribution >= 0.6 is 0 Å². The number of hydrogen-bond donors (Lipinski definition) is 1. The predicted octanol–water partition coefficient (Wildman–Crippen LogP) is 4.20. The molecule has 134 valence electrons. The molecule has 1 aromatic heterocycles. The number of halogens is 1. The van der Waals surface area contributed by atoms with E-state index in [0.717, 1.165) is 17.0 Å². The minimum absolute atomic E-state index is 0.0651. The second kappa shape index (κ2) is 7.95. The van der Waals surface area contributed by atoms with E-state index in [1.165, 1.54) is 12.1 Å². The van der Waals surface area contributed by atoms with Crippen LogP contribution < -0.4 is 5.32 Å². The highest BCUT2D eigenvalue weighted by molar-refractivity contribution is 5.94. The zero-order valence-electron chi connectivity index (χ0n) is 14.9. The van der Waals surface area contributed by atoms with Crippen molar-refractivity contribution in [2.24, 2.45) is 0 Å². The standard InChI is InChI=1S/C21H22FN3O/c1-15-8-9-18(19(22)14-15)21(26)24-20(17-6-4-3-5-7-17)10-12-25-13-11-23-16(25)2/h3-9,11,13-14,20H,10,12H2,1-2H3,(H,24,26)/t20-/m1/s1. The van der Waals surface area contributed by atoms with Gasteiger partial charge in [0.25, 0.3) is 5.91 Å². The first-order valence-electron chi connectivity index (χ1n) is 8.64. The summed E-state index contributed by atoms with van der Waals surface area (Å²) in [6.07, 6.45) is 4.35. The Bertz CT molecular complexity index is 889. The third-order valence-electron chi connectivity index (χ3n) is 4.46. The van der Waals surface area contributed by atoms with Crippen molar-refractivity contribution in [2.75, 3.05) is 0 Å². The fourth-order valence-corrected chi connectivity index (χ4v) is 2.96. The zero-order valence-corrected chi connectivity index (χ0v) is 14.9. The number of carbonyl (C=O) groups is 1. The lowest BCUT2D eigenvalue weighted by molar-refractivity contribution is 0.0929. The molecule has 0 saturated carbocycles. The molecule has 0 saturated heterocycles. The van der Waals surface area contributed by atoms with Gasteiger partial charge in [-0.15, -0.1) is 0 Å².